The molecular formula is C13H11BrIN3O. The first-order valence-electron chi connectivity index (χ1n) is 5.54. The molecule has 0 unspecified atom stereocenters. The number of amides is 1. The molecule has 4 nitrogen and oxygen atoms in total. The molecule has 0 aliphatic heterocycles. The first kappa shape index (κ1) is 14.4. The van der Waals surface area contributed by atoms with Crippen LogP contribution in [0, 0.1) is 17.4 Å². The molecule has 1 amide bonds. The van der Waals surface area contributed by atoms with Crippen molar-refractivity contribution in [2.45, 2.75) is 13.8 Å². The zero-order valence-electron chi connectivity index (χ0n) is 10.4. The standard InChI is InChI=1S/C13H11BrIN3O/c1-7-5-8(2)17-13(16-7)18-12(19)10-6-9(14)3-4-11(10)15/h3-6H,1-2H3,(H,16,17,18,19). The third-order valence-electron chi connectivity index (χ3n) is 2.38. The quantitative estimate of drug-likeness (QED) is 0.737. The number of aromatic nitrogens is 2. The third-order valence-corrected chi connectivity index (χ3v) is 3.81. The van der Waals surface area contributed by atoms with Gasteiger partial charge in [0.25, 0.3) is 5.91 Å². The zero-order valence-corrected chi connectivity index (χ0v) is 14.1. The van der Waals surface area contributed by atoms with Gasteiger partial charge in [0, 0.05) is 19.4 Å². The summed E-state index contributed by atoms with van der Waals surface area (Å²) in [6.07, 6.45) is 0. The van der Waals surface area contributed by atoms with Gasteiger partial charge in [-0.05, 0) is 60.7 Å². The lowest BCUT2D eigenvalue weighted by Gasteiger charge is -2.07. The van der Waals surface area contributed by atoms with Crippen molar-refractivity contribution < 1.29 is 4.79 Å². The molecule has 6 heteroatoms. The molecule has 0 bridgehead atoms. The Morgan fingerprint density at radius 1 is 1.21 bits per heavy atom. The fourth-order valence-electron chi connectivity index (χ4n) is 1.62. The van der Waals surface area contributed by atoms with Crippen LogP contribution in [0.1, 0.15) is 21.7 Å². The number of hydrogen-bond acceptors (Lipinski definition) is 3. The number of hydrogen-bond donors (Lipinski definition) is 1. The molecule has 0 saturated heterocycles. The maximum Gasteiger partial charge on any atom is 0.259 e. The first-order valence-corrected chi connectivity index (χ1v) is 7.41. The summed E-state index contributed by atoms with van der Waals surface area (Å²) in [5, 5.41) is 2.72. The maximum atomic E-state index is 12.2. The molecule has 1 aromatic carbocycles. The van der Waals surface area contributed by atoms with Crippen LogP contribution in [0.5, 0.6) is 0 Å². The van der Waals surface area contributed by atoms with E-state index in [0.717, 1.165) is 19.4 Å². The number of aryl methyl sites for hydroxylation is 2. The van der Waals surface area contributed by atoms with Gasteiger partial charge >= 0.3 is 0 Å². The Balaban J connectivity index is 2.28. The van der Waals surface area contributed by atoms with Gasteiger partial charge in [0.2, 0.25) is 5.95 Å². The molecule has 0 aliphatic rings. The predicted molar refractivity (Wildman–Crippen MR) is 86.3 cm³/mol. The van der Waals surface area contributed by atoms with Crippen LogP contribution < -0.4 is 5.32 Å². The summed E-state index contributed by atoms with van der Waals surface area (Å²) in [6.45, 7) is 3.74. The number of carbonyl (C=O) groups is 1. The van der Waals surface area contributed by atoms with E-state index in [-0.39, 0.29) is 5.91 Å². The van der Waals surface area contributed by atoms with E-state index >= 15 is 0 Å². The fourth-order valence-corrected chi connectivity index (χ4v) is 2.56. The van der Waals surface area contributed by atoms with Crippen LogP contribution >= 0.6 is 38.5 Å². The Kier molecular flexibility index (Phi) is 4.51. The number of carbonyl (C=O) groups excluding carboxylic acids is 1. The van der Waals surface area contributed by atoms with E-state index in [1.807, 2.05) is 32.0 Å². The van der Waals surface area contributed by atoms with Gasteiger partial charge in [-0.1, -0.05) is 15.9 Å². The second-order valence-electron chi connectivity index (χ2n) is 4.05. The molecule has 0 atom stereocenters. The highest BCUT2D eigenvalue weighted by molar-refractivity contribution is 14.1. The molecule has 0 saturated carbocycles. The molecule has 2 rings (SSSR count). The third kappa shape index (κ3) is 3.73. The van der Waals surface area contributed by atoms with E-state index < -0.39 is 0 Å². The van der Waals surface area contributed by atoms with Gasteiger partial charge in [0.15, 0.2) is 0 Å². The highest BCUT2D eigenvalue weighted by Gasteiger charge is 2.12. The van der Waals surface area contributed by atoms with Crippen LogP contribution in [0.4, 0.5) is 5.95 Å². The van der Waals surface area contributed by atoms with E-state index in [1.54, 1.807) is 6.07 Å². The normalized spacial score (nSPS) is 10.3. The number of rotatable bonds is 2. The van der Waals surface area contributed by atoms with Crippen LogP contribution in [0.15, 0.2) is 28.7 Å². The number of nitrogens with one attached hydrogen (secondary N) is 1. The highest BCUT2D eigenvalue weighted by Crippen LogP contribution is 2.19. The Hall–Kier alpha value is -1.02. The van der Waals surface area contributed by atoms with E-state index in [9.17, 15) is 4.79 Å². The van der Waals surface area contributed by atoms with E-state index in [4.69, 9.17) is 0 Å². The molecule has 98 valence electrons. The molecule has 2 aromatic rings. The summed E-state index contributed by atoms with van der Waals surface area (Å²) in [5.74, 6) is 0.119. The molecule has 0 radical (unpaired) electrons. The van der Waals surface area contributed by atoms with Crippen molar-refractivity contribution in [1.82, 2.24) is 9.97 Å². The van der Waals surface area contributed by atoms with Crippen molar-refractivity contribution in [3.05, 3.63) is 49.3 Å². The minimum atomic E-state index is -0.212. The van der Waals surface area contributed by atoms with Crippen LogP contribution in [-0.2, 0) is 0 Å². The summed E-state index contributed by atoms with van der Waals surface area (Å²) in [6, 6.07) is 7.41. The highest BCUT2D eigenvalue weighted by atomic mass is 127. The Labute approximate surface area is 133 Å². The number of benzene rings is 1. The van der Waals surface area contributed by atoms with Crippen molar-refractivity contribution in [2.24, 2.45) is 0 Å². The van der Waals surface area contributed by atoms with Crippen LogP contribution in [0.3, 0.4) is 0 Å². The molecular weight excluding hydrogens is 421 g/mol. The minimum absolute atomic E-state index is 0.212. The Morgan fingerprint density at radius 3 is 2.47 bits per heavy atom. The van der Waals surface area contributed by atoms with Gasteiger partial charge < -0.3 is 0 Å². The number of halogens is 2. The summed E-state index contributed by atoms with van der Waals surface area (Å²) >= 11 is 5.48. The molecule has 0 spiro atoms. The molecule has 0 aliphatic carbocycles. The minimum Gasteiger partial charge on any atom is -0.290 e. The van der Waals surface area contributed by atoms with E-state index in [1.165, 1.54) is 0 Å². The Morgan fingerprint density at radius 2 is 1.84 bits per heavy atom. The number of anilines is 1. The molecule has 1 aromatic heterocycles. The summed E-state index contributed by atoms with van der Waals surface area (Å²) in [5.41, 5.74) is 2.25. The number of nitrogens with zero attached hydrogens (tertiary/aromatic N) is 2. The van der Waals surface area contributed by atoms with E-state index in [0.29, 0.717) is 11.5 Å². The topological polar surface area (TPSA) is 54.9 Å². The largest absolute Gasteiger partial charge is 0.290 e. The smallest absolute Gasteiger partial charge is 0.259 e. The SMILES string of the molecule is Cc1cc(C)nc(NC(=O)c2cc(Br)ccc2I)n1. The van der Waals surface area contributed by atoms with Gasteiger partial charge in [-0.25, -0.2) is 9.97 Å². The van der Waals surface area contributed by atoms with Gasteiger partial charge in [0.1, 0.15) is 0 Å². The average Bonchev–Trinajstić information content (AvgIpc) is 2.30. The lowest BCUT2D eigenvalue weighted by molar-refractivity contribution is 0.102. The summed E-state index contributed by atoms with van der Waals surface area (Å²) < 4.78 is 1.74. The van der Waals surface area contributed by atoms with Crippen molar-refractivity contribution in [3.8, 4) is 0 Å². The van der Waals surface area contributed by atoms with Crippen LogP contribution in [0.2, 0.25) is 0 Å². The fraction of sp³-hybridized carbons (Fsp3) is 0.154. The zero-order chi connectivity index (χ0) is 14.0. The van der Waals surface area contributed by atoms with Gasteiger partial charge in [-0.2, -0.15) is 0 Å². The molecule has 19 heavy (non-hydrogen) atoms. The molecule has 0 fully saturated rings. The second kappa shape index (κ2) is 5.96. The predicted octanol–water partition coefficient (Wildman–Crippen LogP) is 3.71. The monoisotopic (exact) mass is 431 g/mol. The summed E-state index contributed by atoms with van der Waals surface area (Å²) in [7, 11) is 0. The van der Waals surface area contributed by atoms with Crippen LogP contribution in [-0.4, -0.2) is 15.9 Å². The maximum absolute atomic E-state index is 12.2. The molecule has 1 heterocycles. The van der Waals surface area contributed by atoms with Crippen molar-refractivity contribution in [1.29, 1.82) is 0 Å². The average molecular weight is 432 g/mol. The lowest BCUT2D eigenvalue weighted by Crippen LogP contribution is -2.16. The van der Waals surface area contributed by atoms with E-state index in [2.05, 4.69) is 53.8 Å². The van der Waals surface area contributed by atoms with Gasteiger partial charge in [-0.3, -0.25) is 10.1 Å². The first-order chi connectivity index (χ1) is 8.95. The van der Waals surface area contributed by atoms with Crippen molar-refractivity contribution >= 4 is 50.4 Å². The molecule has 1 N–H and O–H groups in total. The van der Waals surface area contributed by atoms with Crippen molar-refractivity contribution in [2.75, 3.05) is 5.32 Å². The van der Waals surface area contributed by atoms with Gasteiger partial charge in [-0.15, -0.1) is 0 Å². The van der Waals surface area contributed by atoms with Crippen molar-refractivity contribution in [3.63, 3.8) is 0 Å². The second-order valence-corrected chi connectivity index (χ2v) is 6.13. The summed E-state index contributed by atoms with van der Waals surface area (Å²) in [4.78, 5) is 20.6. The Bertz CT molecular complexity index is 626. The van der Waals surface area contributed by atoms with Crippen LogP contribution in [0.25, 0.3) is 0 Å². The lowest BCUT2D eigenvalue weighted by atomic mass is 10.2. The van der Waals surface area contributed by atoms with Gasteiger partial charge in [0.05, 0.1) is 5.56 Å².